The molecule has 222 valence electrons. The van der Waals surface area contributed by atoms with Gasteiger partial charge in [0.2, 0.25) is 0 Å². The van der Waals surface area contributed by atoms with Gasteiger partial charge in [-0.15, -0.1) is 0 Å². The Bertz CT molecular complexity index is 2760. The van der Waals surface area contributed by atoms with Crippen LogP contribution in [0.15, 0.2) is 162 Å². The Labute approximate surface area is 276 Å². The quantitative estimate of drug-likeness (QED) is 0.195. The van der Waals surface area contributed by atoms with Crippen molar-refractivity contribution >= 4 is 32.6 Å². The molecule has 0 amide bonds. The van der Waals surface area contributed by atoms with E-state index in [1.54, 1.807) is 0 Å². The van der Waals surface area contributed by atoms with E-state index in [2.05, 4.69) is 158 Å². The van der Waals surface area contributed by atoms with Gasteiger partial charge in [-0.1, -0.05) is 146 Å². The normalized spacial score (nSPS) is 13.6. The smallest absolute Gasteiger partial charge is 0.161 e. The van der Waals surface area contributed by atoms with Crippen molar-refractivity contribution in [1.82, 2.24) is 9.97 Å². The fourth-order valence-electron chi connectivity index (χ4n) is 8.65. The summed E-state index contributed by atoms with van der Waals surface area (Å²) in [6.07, 6.45) is 0. The maximum absolute atomic E-state index is 6.92. The van der Waals surface area contributed by atoms with Crippen LogP contribution in [0.25, 0.3) is 77.7 Å². The first kappa shape index (κ1) is 25.8. The summed E-state index contributed by atoms with van der Waals surface area (Å²) in [5.41, 5.74) is 12.8. The third-order valence-corrected chi connectivity index (χ3v) is 10.5. The van der Waals surface area contributed by atoms with E-state index in [-0.39, 0.29) is 0 Å². The van der Waals surface area contributed by atoms with Gasteiger partial charge in [-0.05, 0) is 50.7 Å². The van der Waals surface area contributed by atoms with Gasteiger partial charge in [-0.3, -0.25) is 0 Å². The van der Waals surface area contributed by atoms with Gasteiger partial charge in [0, 0.05) is 33.0 Å². The molecule has 2 aromatic heterocycles. The summed E-state index contributed by atoms with van der Waals surface area (Å²) in [6.45, 7) is 0. The molecule has 0 radical (unpaired) electrons. The lowest BCUT2D eigenvalue weighted by atomic mass is 9.70. The third-order valence-electron chi connectivity index (χ3n) is 10.5. The number of rotatable bonds is 2. The van der Waals surface area contributed by atoms with Crippen LogP contribution >= 0.6 is 0 Å². The van der Waals surface area contributed by atoms with E-state index in [1.165, 1.54) is 44.2 Å². The molecule has 0 N–H and O–H groups in total. The second-order valence-corrected chi connectivity index (χ2v) is 12.8. The largest absolute Gasteiger partial charge is 0.456 e. The highest BCUT2D eigenvalue weighted by Gasteiger charge is 2.55. The van der Waals surface area contributed by atoms with Crippen LogP contribution in [0.3, 0.4) is 0 Å². The summed E-state index contributed by atoms with van der Waals surface area (Å²) >= 11 is 0. The number of hydrogen-bond acceptors (Lipinski definition) is 3. The molecular formula is C45H26N2O. The first-order valence-electron chi connectivity index (χ1n) is 16.4. The molecule has 7 aromatic carbocycles. The standard InChI is InChI=1S/C45H26N2O/c1-2-15-28-27(13-1)14-11-20-31(28)42-32-18-5-9-25-38(32)46-44(47-42)34-21-12-24-37-40(34)43-41(33-19-6-10-26-39(33)48-43)45(37)35-22-7-3-16-29(35)30-17-4-8-23-36(30)45/h1-26H. The minimum atomic E-state index is -0.532. The Hall–Kier alpha value is -6.32. The van der Waals surface area contributed by atoms with Crippen molar-refractivity contribution in [2.45, 2.75) is 5.41 Å². The maximum Gasteiger partial charge on any atom is 0.161 e. The van der Waals surface area contributed by atoms with E-state index in [0.29, 0.717) is 5.82 Å². The molecule has 0 bridgehead atoms. The van der Waals surface area contributed by atoms with Gasteiger partial charge >= 0.3 is 0 Å². The average molecular weight is 611 g/mol. The van der Waals surface area contributed by atoms with Crippen molar-refractivity contribution in [3.63, 3.8) is 0 Å². The van der Waals surface area contributed by atoms with E-state index in [9.17, 15) is 0 Å². The molecule has 2 heterocycles. The Morgan fingerprint density at radius 3 is 1.85 bits per heavy atom. The molecule has 9 aromatic rings. The second-order valence-electron chi connectivity index (χ2n) is 12.8. The van der Waals surface area contributed by atoms with Crippen molar-refractivity contribution in [3.8, 4) is 45.1 Å². The third kappa shape index (κ3) is 3.18. The molecule has 11 rings (SSSR count). The molecule has 0 saturated carbocycles. The van der Waals surface area contributed by atoms with Crippen LogP contribution in [-0.2, 0) is 5.41 Å². The van der Waals surface area contributed by atoms with Crippen LogP contribution in [0, 0.1) is 0 Å². The molecule has 48 heavy (non-hydrogen) atoms. The predicted octanol–water partition coefficient (Wildman–Crippen LogP) is 11.2. The summed E-state index contributed by atoms with van der Waals surface area (Å²) in [5.74, 6) is 1.59. The summed E-state index contributed by atoms with van der Waals surface area (Å²) in [4.78, 5) is 10.7. The van der Waals surface area contributed by atoms with Crippen molar-refractivity contribution in [2.24, 2.45) is 0 Å². The van der Waals surface area contributed by atoms with Crippen LogP contribution in [0.1, 0.15) is 22.3 Å². The second kappa shape index (κ2) is 9.37. The number of aromatic nitrogens is 2. The molecule has 2 aliphatic carbocycles. The van der Waals surface area contributed by atoms with Crippen LogP contribution < -0.4 is 0 Å². The SMILES string of the molecule is c1ccc2c(c1)-c1ccccc1C21c2cccc(-c3nc(-c4cccc5ccccc45)c4ccccc4n3)c2-c2oc3ccccc3c21. The van der Waals surface area contributed by atoms with Gasteiger partial charge in [0.25, 0.3) is 0 Å². The van der Waals surface area contributed by atoms with E-state index in [1.807, 2.05) is 0 Å². The highest BCUT2D eigenvalue weighted by atomic mass is 16.3. The van der Waals surface area contributed by atoms with Crippen LogP contribution in [0.4, 0.5) is 0 Å². The van der Waals surface area contributed by atoms with E-state index >= 15 is 0 Å². The summed E-state index contributed by atoms with van der Waals surface area (Å²) in [5, 5.41) is 4.53. The van der Waals surface area contributed by atoms with E-state index < -0.39 is 5.41 Å². The Morgan fingerprint density at radius 1 is 0.438 bits per heavy atom. The molecule has 0 saturated heterocycles. The fourth-order valence-corrected chi connectivity index (χ4v) is 8.65. The number of furan rings is 1. The summed E-state index contributed by atoms with van der Waals surface area (Å²) in [7, 11) is 0. The summed E-state index contributed by atoms with van der Waals surface area (Å²) < 4.78 is 6.92. The molecule has 3 nitrogen and oxygen atoms in total. The Kier molecular flexibility index (Phi) is 5.04. The molecular weight excluding hydrogens is 585 g/mol. The van der Waals surface area contributed by atoms with Crippen molar-refractivity contribution in [3.05, 3.63) is 180 Å². The van der Waals surface area contributed by atoms with Crippen molar-refractivity contribution in [2.75, 3.05) is 0 Å². The lowest BCUT2D eigenvalue weighted by Crippen LogP contribution is -2.25. The first-order chi connectivity index (χ1) is 23.8. The molecule has 0 aliphatic heterocycles. The minimum absolute atomic E-state index is 0.532. The summed E-state index contributed by atoms with van der Waals surface area (Å²) in [6, 6.07) is 56.2. The number of hydrogen-bond donors (Lipinski definition) is 0. The van der Waals surface area contributed by atoms with E-state index in [4.69, 9.17) is 14.4 Å². The predicted molar refractivity (Wildman–Crippen MR) is 194 cm³/mol. The van der Waals surface area contributed by atoms with Gasteiger partial charge < -0.3 is 4.42 Å². The molecule has 0 unspecified atom stereocenters. The van der Waals surface area contributed by atoms with Crippen LogP contribution in [0.5, 0.6) is 0 Å². The zero-order chi connectivity index (χ0) is 31.4. The van der Waals surface area contributed by atoms with Gasteiger partial charge in [0.05, 0.1) is 16.6 Å². The Morgan fingerprint density at radius 2 is 1.02 bits per heavy atom. The molecule has 3 heteroatoms. The Balaban J connectivity index is 1.27. The molecule has 2 aliphatic rings. The maximum atomic E-state index is 6.92. The first-order valence-corrected chi connectivity index (χ1v) is 16.4. The number of benzene rings is 7. The zero-order valence-electron chi connectivity index (χ0n) is 25.8. The van der Waals surface area contributed by atoms with Gasteiger partial charge in [0.15, 0.2) is 5.82 Å². The molecule has 1 spiro atoms. The highest BCUT2D eigenvalue weighted by Crippen LogP contribution is 2.65. The fraction of sp³-hybridized carbons (Fsp3) is 0.0222. The van der Waals surface area contributed by atoms with Crippen molar-refractivity contribution < 1.29 is 4.42 Å². The van der Waals surface area contributed by atoms with Gasteiger partial charge in [-0.2, -0.15) is 0 Å². The zero-order valence-corrected chi connectivity index (χ0v) is 25.8. The van der Waals surface area contributed by atoms with Crippen LogP contribution in [-0.4, -0.2) is 9.97 Å². The lowest BCUT2D eigenvalue weighted by Gasteiger charge is -2.30. The number of nitrogens with zero attached hydrogens (tertiary/aromatic N) is 2. The van der Waals surface area contributed by atoms with Gasteiger partial charge in [-0.25, -0.2) is 9.97 Å². The van der Waals surface area contributed by atoms with E-state index in [0.717, 1.165) is 50.0 Å². The monoisotopic (exact) mass is 610 g/mol. The number of fused-ring (bicyclic) bond motifs is 14. The highest BCUT2D eigenvalue weighted by molar-refractivity contribution is 6.07. The number of para-hydroxylation sites is 2. The van der Waals surface area contributed by atoms with Crippen molar-refractivity contribution in [1.29, 1.82) is 0 Å². The minimum Gasteiger partial charge on any atom is -0.456 e. The lowest BCUT2D eigenvalue weighted by molar-refractivity contribution is 0.628. The average Bonchev–Trinajstić information content (AvgIpc) is 3.78. The molecule has 0 atom stereocenters. The van der Waals surface area contributed by atoms with Gasteiger partial charge in [0.1, 0.15) is 11.3 Å². The molecule has 0 fully saturated rings. The van der Waals surface area contributed by atoms with Crippen LogP contribution in [0.2, 0.25) is 0 Å². The topological polar surface area (TPSA) is 38.9 Å².